The zero-order valence-electron chi connectivity index (χ0n) is 12.1. The number of aryl methyl sites for hydroxylation is 1. The summed E-state index contributed by atoms with van der Waals surface area (Å²) in [6.45, 7) is 2.13. The molecule has 2 aliphatic rings. The van der Waals surface area contributed by atoms with E-state index < -0.39 is 0 Å². The number of hydrogen-bond acceptors (Lipinski definition) is 4. The lowest BCUT2D eigenvalue weighted by molar-refractivity contribution is -0.132. The van der Waals surface area contributed by atoms with Crippen LogP contribution >= 0.6 is 11.3 Å². The molecule has 1 aromatic rings. The van der Waals surface area contributed by atoms with Gasteiger partial charge in [0.25, 0.3) is 0 Å². The molecule has 2 fully saturated rings. The van der Waals surface area contributed by atoms with Crippen molar-refractivity contribution in [1.29, 1.82) is 0 Å². The van der Waals surface area contributed by atoms with Crippen molar-refractivity contribution in [3.05, 3.63) is 16.6 Å². The van der Waals surface area contributed by atoms with Crippen molar-refractivity contribution in [2.75, 3.05) is 20.1 Å². The predicted octanol–water partition coefficient (Wildman–Crippen LogP) is 2.16. The van der Waals surface area contributed by atoms with Gasteiger partial charge in [0.05, 0.1) is 5.01 Å². The first-order chi connectivity index (χ1) is 9.75. The molecule has 110 valence electrons. The fourth-order valence-electron chi connectivity index (χ4n) is 3.66. The highest BCUT2D eigenvalue weighted by molar-refractivity contribution is 7.09. The minimum Gasteiger partial charge on any atom is -0.338 e. The third-order valence-corrected chi connectivity index (χ3v) is 5.52. The maximum Gasteiger partial charge on any atom is 0.223 e. The van der Waals surface area contributed by atoms with E-state index in [-0.39, 0.29) is 0 Å². The van der Waals surface area contributed by atoms with Gasteiger partial charge in [-0.15, -0.1) is 11.3 Å². The zero-order valence-corrected chi connectivity index (χ0v) is 12.9. The quantitative estimate of drug-likeness (QED) is 0.853. The van der Waals surface area contributed by atoms with E-state index in [0.717, 1.165) is 24.4 Å². The van der Waals surface area contributed by atoms with Crippen molar-refractivity contribution in [2.24, 2.45) is 0 Å². The summed E-state index contributed by atoms with van der Waals surface area (Å²) >= 11 is 1.64. The lowest BCUT2D eigenvalue weighted by Crippen LogP contribution is -2.47. The van der Waals surface area contributed by atoms with Gasteiger partial charge < -0.3 is 9.80 Å². The Morgan fingerprint density at radius 2 is 2.15 bits per heavy atom. The van der Waals surface area contributed by atoms with Gasteiger partial charge in [0.15, 0.2) is 0 Å². The molecule has 3 heterocycles. The van der Waals surface area contributed by atoms with E-state index in [1.807, 2.05) is 11.6 Å². The number of hydrogen-bond donors (Lipinski definition) is 0. The highest BCUT2D eigenvalue weighted by Gasteiger charge is 2.37. The van der Waals surface area contributed by atoms with Crippen molar-refractivity contribution >= 4 is 17.2 Å². The molecule has 0 aliphatic carbocycles. The average Bonchev–Trinajstić information content (AvgIpc) is 3.16. The number of rotatable bonds is 4. The van der Waals surface area contributed by atoms with Crippen LogP contribution in [0.4, 0.5) is 0 Å². The fourth-order valence-corrected chi connectivity index (χ4v) is 4.28. The molecule has 2 atom stereocenters. The first kappa shape index (κ1) is 14.0. The van der Waals surface area contributed by atoms with Crippen molar-refractivity contribution in [1.82, 2.24) is 14.8 Å². The van der Waals surface area contributed by atoms with E-state index in [9.17, 15) is 4.79 Å². The van der Waals surface area contributed by atoms with E-state index in [0.29, 0.717) is 24.4 Å². The molecule has 20 heavy (non-hydrogen) atoms. The topological polar surface area (TPSA) is 36.4 Å². The molecule has 1 amide bonds. The smallest absolute Gasteiger partial charge is 0.223 e. The van der Waals surface area contributed by atoms with Crippen LogP contribution < -0.4 is 0 Å². The summed E-state index contributed by atoms with van der Waals surface area (Å²) in [5.41, 5.74) is 0. The van der Waals surface area contributed by atoms with Crippen LogP contribution in [-0.2, 0) is 11.2 Å². The van der Waals surface area contributed by atoms with Crippen molar-refractivity contribution in [3.63, 3.8) is 0 Å². The molecule has 0 aromatic carbocycles. The SMILES string of the molecule is CN1CCC[C@H]1[C@H]1CCCN1C(=O)CCc1nccs1. The van der Waals surface area contributed by atoms with Gasteiger partial charge >= 0.3 is 0 Å². The van der Waals surface area contributed by atoms with E-state index >= 15 is 0 Å². The summed E-state index contributed by atoms with van der Waals surface area (Å²) in [5, 5.41) is 3.05. The lowest BCUT2D eigenvalue weighted by Gasteiger charge is -2.33. The Kier molecular flexibility index (Phi) is 4.36. The average molecular weight is 293 g/mol. The summed E-state index contributed by atoms with van der Waals surface area (Å²) in [7, 11) is 2.20. The number of nitrogens with zero attached hydrogens (tertiary/aromatic N) is 3. The van der Waals surface area contributed by atoms with Gasteiger partial charge in [0.1, 0.15) is 0 Å². The zero-order chi connectivity index (χ0) is 13.9. The van der Waals surface area contributed by atoms with E-state index in [4.69, 9.17) is 0 Å². The van der Waals surface area contributed by atoms with Gasteiger partial charge in [-0.25, -0.2) is 4.98 Å². The largest absolute Gasteiger partial charge is 0.338 e. The maximum atomic E-state index is 12.5. The van der Waals surface area contributed by atoms with Crippen LogP contribution in [0.15, 0.2) is 11.6 Å². The number of carbonyl (C=O) groups excluding carboxylic acids is 1. The van der Waals surface area contributed by atoms with E-state index in [1.165, 1.54) is 25.8 Å². The molecule has 2 aliphatic heterocycles. The molecular formula is C15H23N3OS. The molecule has 0 N–H and O–H groups in total. The third-order valence-electron chi connectivity index (χ3n) is 4.68. The van der Waals surface area contributed by atoms with Crippen LogP contribution in [0.25, 0.3) is 0 Å². The van der Waals surface area contributed by atoms with Gasteiger partial charge in [-0.2, -0.15) is 0 Å². The summed E-state index contributed by atoms with van der Waals surface area (Å²) in [6.07, 6.45) is 8.09. The Morgan fingerprint density at radius 1 is 1.35 bits per heavy atom. The summed E-state index contributed by atoms with van der Waals surface area (Å²) in [5.74, 6) is 0.322. The number of amides is 1. The highest BCUT2D eigenvalue weighted by atomic mass is 32.1. The van der Waals surface area contributed by atoms with Crippen LogP contribution in [0.2, 0.25) is 0 Å². The standard InChI is InChI=1S/C15H23N3OS/c1-17-9-2-4-12(17)13-5-3-10-18(13)15(19)7-6-14-16-8-11-20-14/h8,11-13H,2-7,9-10H2,1H3/t12-,13+/m0/s1. The van der Waals surface area contributed by atoms with Gasteiger partial charge in [-0.05, 0) is 39.3 Å². The van der Waals surface area contributed by atoms with Gasteiger partial charge in [0.2, 0.25) is 5.91 Å². The van der Waals surface area contributed by atoms with Crippen molar-refractivity contribution in [2.45, 2.75) is 50.6 Å². The van der Waals surface area contributed by atoms with Crippen molar-refractivity contribution in [3.8, 4) is 0 Å². The number of thiazole rings is 1. The Labute approximate surface area is 124 Å². The Hall–Kier alpha value is -0.940. The second kappa shape index (κ2) is 6.22. The van der Waals surface area contributed by atoms with Crippen LogP contribution in [-0.4, -0.2) is 52.9 Å². The lowest BCUT2D eigenvalue weighted by atomic mass is 10.0. The molecule has 2 saturated heterocycles. The second-order valence-corrected chi connectivity index (χ2v) is 6.89. The number of likely N-dealkylation sites (N-methyl/N-ethyl adjacent to an activating group) is 1. The molecule has 0 saturated carbocycles. The van der Waals surface area contributed by atoms with Crippen LogP contribution in [0.5, 0.6) is 0 Å². The van der Waals surface area contributed by atoms with Gasteiger partial charge in [-0.1, -0.05) is 0 Å². The molecule has 5 heteroatoms. The molecule has 3 rings (SSSR count). The summed E-state index contributed by atoms with van der Waals surface area (Å²) in [6, 6.07) is 1.03. The summed E-state index contributed by atoms with van der Waals surface area (Å²) < 4.78 is 0. The van der Waals surface area contributed by atoms with E-state index in [2.05, 4.69) is 21.8 Å². The first-order valence-electron chi connectivity index (χ1n) is 7.64. The van der Waals surface area contributed by atoms with E-state index in [1.54, 1.807) is 11.3 Å². The molecule has 0 radical (unpaired) electrons. The number of likely N-dealkylation sites (tertiary alicyclic amines) is 2. The van der Waals surface area contributed by atoms with Crippen LogP contribution in [0, 0.1) is 0 Å². The first-order valence-corrected chi connectivity index (χ1v) is 8.52. The predicted molar refractivity (Wildman–Crippen MR) is 80.8 cm³/mol. The highest BCUT2D eigenvalue weighted by Crippen LogP contribution is 2.29. The van der Waals surface area contributed by atoms with Gasteiger partial charge in [0, 0.05) is 43.0 Å². The second-order valence-electron chi connectivity index (χ2n) is 5.91. The normalized spacial score (nSPS) is 27.4. The number of aromatic nitrogens is 1. The van der Waals surface area contributed by atoms with Crippen LogP contribution in [0.1, 0.15) is 37.1 Å². The minimum absolute atomic E-state index is 0.322. The third kappa shape index (κ3) is 2.88. The molecule has 0 unspecified atom stereocenters. The molecule has 0 spiro atoms. The Morgan fingerprint density at radius 3 is 2.85 bits per heavy atom. The number of carbonyl (C=O) groups is 1. The molecular weight excluding hydrogens is 270 g/mol. The molecule has 0 bridgehead atoms. The fraction of sp³-hybridized carbons (Fsp3) is 0.733. The van der Waals surface area contributed by atoms with Crippen molar-refractivity contribution < 1.29 is 4.79 Å². The minimum atomic E-state index is 0.322. The maximum absolute atomic E-state index is 12.5. The monoisotopic (exact) mass is 293 g/mol. The Bertz CT molecular complexity index is 448. The summed E-state index contributed by atoms with van der Waals surface area (Å²) in [4.78, 5) is 21.4. The molecule has 4 nitrogen and oxygen atoms in total. The Balaban J connectivity index is 1.58. The van der Waals surface area contributed by atoms with Gasteiger partial charge in [-0.3, -0.25) is 4.79 Å². The van der Waals surface area contributed by atoms with Crippen LogP contribution in [0.3, 0.4) is 0 Å². The molecule has 1 aromatic heterocycles.